The van der Waals surface area contributed by atoms with Crippen molar-refractivity contribution < 1.29 is 27.6 Å². The van der Waals surface area contributed by atoms with Crippen molar-refractivity contribution in [2.45, 2.75) is 64.7 Å². The Morgan fingerprint density at radius 1 is 1.18 bits per heavy atom. The Kier molecular flexibility index (Phi) is 12.9. The average molecular weight is 447 g/mol. The number of rotatable bonds is 8. The molecule has 0 rings (SSSR count). The zero-order chi connectivity index (χ0) is 18.0. The molecule has 0 aliphatic rings. The summed E-state index contributed by atoms with van der Waals surface area (Å²) in [5.74, 6) is -1.19. The molecule has 22 heavy (non-hydrogen) atoms. The summed E-state index contributed by atoms with van der Waals surface area (Å²) in [6, 6.07) is 0. The molecule has 2 N–H and O–H groups in total. The van der Waals surface area contributed by atoms with E-state index in [9.17, 15) is 13.2 Å². The number of unbranched alkanes of at least 4 members (excludes halogenated alkanes) is 1. The van der Waals surface area contributed by atoms with Crippen molar-refractivity contribution >= 4 is 34.5 Å². The summed E-state index contributed by atoms with van der Waals surface area (Å²) in [6.07, 6.45) is 3.70. The number of ether oxygens (including phenoxy) is 1. The Morgan fingerprint density at radius 3 is 1.95 bits per heavy atom. The molecule has 0 heterocycles. The second-order valence-electron chi connectivity index (χ2n) is 6.91. The molecule has 8 heteroatoms. The van der Waals surface area contributed by atoms with Crippen molar-refractivity contribution in [2.24, 2.45) is 5.92 Å². The average Bonchev–Trinajstić information content (AvgIpc) is 2.34. The first kappa shape index (κ1) is 24.4. The van der Waals surface area contributed by atoms with Gasteiger partial charge in [0.05, 0.1) is 6.61 Å². The zero-order valence-corrected chi connectivity index (χ0v) is 18.3. The molecule has 134 valence electrons. The van der Waals surface area contributed by atoms with E-state index in [4.69, 9.17) is 9.66 Å². The fourth-order valence-corrected chi connectivity index (χ4v) is 1.60. The SMILES string of the molecule is CCCCC(CC)COC(=O)C(O)S(=O)(=O)O.[CH3][Sn]([CH3])([CH3])[CH3]. The van der Waals surface area contributed by atoms with Crippen LogP contribution in [0, 0.1) is 5.92 Å². The van der Waals surface area contributed by atoms with E-state index in [1.54, 1.807) is 0 Å². The van der Waals surface area contributed by atoms with Crippen LogP contribution in [0.15, 0.2) is 0 Å². The summed E-state index contributed by atoms with van der Waals surface area (Å²) in [6.45, 7) is 4.04. The van der Waals surface area contributed by atoms with Crippen molar-refractivity contribution in [3.8, 4) is 0 Å². The van der Waals surface area contributed by atoms with Crippen molar-refractivity contribution in [3.63, 3.8) is 0 Å². The van der Waals surface area contributed by atoms with Gasteiger partial charge >= 0.3 is 54.2 Å². The predicted octanol–water partition coefficient (Wildman–Crippen LogP) is 2.91. The Hall–Kier alpha value is 0.139. The van der Waals surface area contributed by atoms with Crippen LogP contribution in [0.1, 0.15) is 39.5 Å². The van der Waals surface area contributed by atoms with Gasteiger partial charge in [-0.3, -0.25) is 4.55 Å². The molecule has 0 spiro atoms. The Morgan fingerprint density at radius 2 is 1.64 bits per heavy atom. The third kappa shape index (κ3) is 16.5. The van der Waals surface area contributed by atoms with Crippen LogP contribution in [-0.4, -0.2) is 54.5 Å². The van der Waals surface area contributed by atoms with E-state index in [2.05, 4.69) is 24.5 Å². The van der Waals surface area contributed by atoms with Gasteiger partial charge in [0.15, 0.2) is 0 Å². The molecule has 0 radical (unpaired) electrons. The van der Waals surface area contributed by atoms with Crippen LogP contribution < -0.4 is 0 Å². The van der Waals surface area contributed by atoms with E-state index in [1.165, 1.54) is 0 Å². The Bertz CT molecular complexity index is 396. The molecule has 0 aromatic rings. The standard InChI is InChI=1S/C10H20O6S.4CH3.Sn/c1-3-5-6-8(4-2)7-16-9(11)10(12)17(13,14)15;;;;;/h8,10,12H,3-7H2,1-2H3,(H,13,14,15);4*1H3;. The fraction of sp³-hybridized carbons (Fsp3) is 0.929. The number of esters is 1. The molecular formula is C14H32O6SSn. The molecule has 0 aromatic heterocycles. The van der Waals surface area contributed by atoms with Crippen LogP contribution in [-0.2, 0) is 19.6 Å². The number of carbonyl (C=O) groups excluding carboxylic acids is 1. The maximum absolute atomic E-state index is 11.1. The van der Waals surface area contributed by atoms with E-state index in [0.29, 0.717) is 0 Å². The quantitative estimate of drug-likeness (QED) is 0.337. The number of carbonyl (C=O) groups is 1. The van der Waals surface area contributed by atoms with Crippen molar-refractivity contribution in [3.05, 3.63) is 0 Å². The molecule has 0 aliphatic heterocycles. The second kappa shape index (κ2) is 11.6. The van der Waals surface area contributed by atoms with Gasteiger partial charge < -0.3 is 9.84 Å². The number of hydrogen-bond donors (Lipinski definition) is 2. The molecule has 2 atom stereocenters. The molecule has 6 nitrogen and oxygen atoms in total. The van der Waals surface area contributed by atoms with Crippen LogP contribution in [0.2, 0.25) is 19.8 Å². The van der Waals surface area contributed by atoms with Gasteiger partial charge in [-0.05, 0) is 12.3 Å². The Labute approximate surface area is 139 Å². The molecule has 2 unspecified atom stereocenters. The first-order valence-electron chi connectivity index (χ1n) is 7.63. The first-order chi connectivity index (χ1) is 9.82. The zero-order valence-electron chi connectivity index (χ0n) is 14.6. The molecule has 0 saturated carbocycles. The molecule has 0 bridgehead atoms. The van der Waals surface area contributed by atoms with E-state index >= 15 is 0 Å². The van der Waals surface area contributed by atoms with Crippen LogP contribution in [0.5, 0.6) is 0 Å². The van der Waals surface area contributed by atoms with E-state index in [0.717, 1.165) is 25.7 Å². The molecule has 0 aliphatic carbocycles. The van der Waals surface area contributed by atoms with E-state index in [-0.39, 0.29) is 12.5 Å². The Balaban J connectivity index is 0. The summed E-state index contributed by atoms with van der Waals surface area (Å²) < 4.78 is 34.0. The maximum atomic E-state index is 11.1. The van der Waals surface area contributed by atoms with Crippen LogP contribution in [0.3, 0.4) is 0 Å². The van der Waals surface area contributed by atoms with E-state index in [1.807, 2.05) is 13.8 Å². The minimum atomic E-state index is -4.79. The number of aliphatic hydroxyl groups excluding tert-OH is 1. The van der Waals surface area contributed by atoms with Gasteiger partial charge in [-0.1, -0.05) is 33.1 Å². The summed E-state index contributed by atoms with van der Waals surface area (Å²) in [5.41, 5.74) is -2.51. The first-order valence-corrected chi connectivity index (χ1v) is 20.6. The second-order valence-corrected chi connectivity index (χ2v) is 25.5. The van der Waals surface area contributed by atoms with Gasteiger partial charge in [0.2, 0.25) is 0 Å². The summed E-state index contributed by atoms with van der Waals surface area (Å²) in [7, 11) is -4.79. The van der Waals surface area contributed by atoms with Gasteiger partial charge in [-0.25, -0.2) is 4.79 Å². The van der Waals surface area contributed by atoms with Crippen molar-refractivity contribution in [1.82, 2.24) is 0 Å². The van der Waals surface area contributed by atoms with Crippen molar-refractivity contribution in [2.75, 3.05) is 6.61 Å². The third-order valence-corrected chi connectivity index (χ3v) is 3.25. The van der Waals surface area contributed by atoms with Gasteiger partial charge in [0.25, 0.3) is 5.44 Å². The third-order valence-electron chi connectivity index (χ3n) is 2.49. The van der Waals surface area contributed by atoms with Crippen LogP contribution in [0.4, 0.5) is 0 Å². The molecular weight excluding hydrogens is 415 g/mol. The predicted molar refractivity (Wildman–Crippen MR) is 91.0 cm³/mol. The molecule has 0 aromatic carbocycles. The summed E-state index contributed by atoms with van der Waals surface area (Å²) in [4.78, 5) is 20.7. The monoisotopic (exact) mass is 448 g/mol. The van der Waals surface area contributed by atoms with Crippen LogP contribution in [0.25, 0.3) is 0 Å². The van der Waals surface area contributed by atoms with Gasteiger partial charge in [-0.15, -0.1) is 0 Å². The van der Waals surface area contributed by atoms with Gasteiger partial charge in [0, 0.05) is 0 Å². The normalized spacial score (nSPS) is 14.5. The van der Waals surface area contributed by atoms with Gasteiger partial charge in [-0.2, -0.15) is 8.42 Å². The fourth-order valence-electron chi connectivity index (χ4n) is 1.29. The molecule has 0 saturated heterocycles. The molecule has 0 amide bonds. The van der Waals surface area contributed by atoms with Crippen LogP contribution >= 0.6 is 0 Å². The number of aliphatic hydroxyl groups is 1. The minimum absolute atomic E-state index is 0.0575. The topological polar surface area (TPSA) is 101 Å². The summed E-state index contributed by atoms with van der Waals surface area (Å²) >= 11 is -1.18. The number of hydrogen-bond acceptors (Lipinski definition) is 5. The van der Waals surface area contributed by atoms with Crippen molar-refractivity contribution in [1.29, 1.82) is 0 Å². The van der Waals surface area contributed by atoms with E-state index < -0.39 is 39.9 Å². The van der Waals surface area contributed by atoms with Gasteiger partial charge in [0.1, 0.15) is 0 Å². The molecule has 0 fully saturated rings. The summed E-state index contributed by atoms with van der Waals surface area (Å²) in [5, 5.41) is 8.90.